The van der Waals surface area contributed by atoms with E-state index in [4.69, 9.17) is 4.42 Å². The second-order valence-electron chi connectivity index (χ2n) is 9.69. The van der Waals surface area contributed by atoms with Crippen LogP contribution in [-0.2, 0) is 0 Å². The lowest BCUT2D eigenvalue weighted by Crippen LogP contribution is -1.84. The molecule has 0 aliphatic heterocycles. The van der Waals surface area contributed by atoms with Gasteiger partial charge in [-0.25, -0.2) is 0 Å². The first-order valence-corrected chi connectivity index (χ1v) is 12.3. The van der Waals surface area contributed by atoms with Crippen molar-refractivity contribution in [1.82, 2.24) is 9.38 Å². The van der Waals surface area contributed by atoms with Gasteiger partial charge in [-0.1, -0.05) is 42.5 Å². The second kappa shape index (κ2) is 6.96. The van der Waals surface area contributed by atoms with Crippen LogP contribution in [0.4, 0.5) is 0 Å². The summed E-state index contributed by atoms with van der Waals surface area (Å²) in [4.78, 5) is 4.60. The summed E-state index contributed by atoms with van der Waals surface area (Å²) in [6.45, 7) is 4.20. The fourth-order valence-electron chi connectivity index (χ4n) is 5.92. The van der Waals surface area contributed by atoms with Crippen LogP contribution in [0.2, 0.25) is 0 Å². The molecule has 0 radical (unpaired) electrons. The molecule has 4 aromatic heterocycles. The molecule has 0 saturated heterocycles. The minimum absolute atomic E-state index is 0.982. The number of furan rings is 1. The zero-order chi connectivity index (χ0) is 24.0. The third kappa shape index (κ3) is 2.49. The molecular weight excluding hydrogens is 440 g/mol. The molecule has 0 bridgehead atoms. The Morgan fingerprint density at radius 1 is 0.639 bits per heavy atom. The Kier molecular flexibility index (Phi) is 3.80. The second-order valence-corrected chi connectivity index (χ2v) is 9.69. The number of hydrogen-bond donors (Lipinski definition) is 0. The standard InChI is InChI=1S/C33H22N2O/c1-19-20(2)36-33-24(19)12-14-30-31(33)27-18-23(21-8-4-3-5-9-21)17-26-25-16-22(28-10-6-7-15-34-28)11-13-29(25)35(30)32(26)27/h3-18H,1-2H3. The van der Waals surface area contributed by atoms with Crippen molar-refractivity contribution in [2.45, 2.75) is 13.8 Å². The van der Waals surface area contributed by atoms with Gasteiger partial charge in [-0.15, -0.1) is 0 Å². The van der Waals surface area contributed by atoms with Gasteiger partial charge >= 0.3 is 0 Å². The van der Waals surface area contributed by atoms with Crippen molar-refractivity contribution in [2.24, 2.45) is 0 Å². The van der Waals surface area contributed by atoms with Crippen LogP contribution in [0.3, 0.4) is 0 Å². The maximum atomic E-state index is 6.39. The lowest BCUT2D eigenvalue weighted by atomic mass is 9.98. The lowest BCUT2D eigenvalue weighted by molar-refractivity contribution is 0.578. The first-order chi connectivity index (χ1) is 17.7. The summed E-state index contributed by atoms with van der Waals surface area (Å²) >= 11 is 0. The van der Waals surface area contributed by atoms with Gasteiger partial charge in [0.05, 0.1) is 27.6 Å². The number of pyridine rings is 1. The van der Waals surface area contributed by atoms with Crippen molar-refractivity contribution >= 4 is 49.1 Å². The van der Waals surface area contributed by atoms with Gasteiger partial charge in [0, 0.05) is 33.3 Å². The highest BCUT2D eigenvalue weighted by Gasteiger charge is 2.22. The summed E-state index contributed by atoms with van der Waals surface area (Å²) in [6.07, 6.45) is 1.85. The average Bonchev–Trinajstić information content (AvgIpc) is 3.54. The van der Waals surface area contributed by atoms with Crippen molar-refractivity contribution < 1.29 is 4.42 Å². The van der Waals surface area contributed by atoms with Crippen LogP contribution in [0, 0.1) is 13.8 Å². The van der Waals surface area contributed by atoms with E-state index in [-0.39, 0.29) is 0 Å². The molecule has 0 unspecified atom stereocenters. The van der Waals surface area contributed by atoms with E-state index in [1.807, 2.05) is 18.3 Å². The molecule has 4 heterocycles. The maximum Gasteiger partial charge on any atom is 0.144 e. The molecule has 0 amide bonds. The number of aryl methyl sites for hydroxylation is 2. The predicted octanol–water partition coefficient (Wildman–Crippen LogP) is 8.93. The number of rotatable bonds is 2. The molecule has 0 aliphatic carbocycles. The Bertz CT molecular complexity index is 2100. The lowest BCUT2D eigenvalue weighted by Gasteiger charge is -2.05. The third-order valence-corrected chi connectivity index (χ3v) is 7.76. The summed E-state index contributed by atoms with van der Waals surface area (Å²) in [6, 6.07) is 32.6. The van der Waals surface area contributed by atoms with Crippen molar-refractivity contribution in [3.05, 3.63) is 109 Å². The zero-order valence-corrected chi connectivity index (χ0v) is 20.0. The van der Waals surface area contributed by atoms with Crippen LogP contribution in [0.15, 0.2) is 102 Å². The monoisotopic (exact) mass is 462 g/mol. The first-order valence-electron chi connectivity index (χ1n) is 12.3. The first kappa shape index (κ1) is 19.7. The van der Waals surface area contributed by atoms with Gasteiger partial charge in [0.25, 0.3) is 0 Å². The van der Waals surface area contributed by atoms with E-state index in [9.17, 15) is 0 Å². The van der Waals surface area contributed by atoms with Crippen molar-refractivity contribution in [2.75, 3.05) is 0 Å². The predicted molar refractivity (Wildman–Crippen MR) is 149 cm³/mol. The maximum absolute atomic E-state index is 6.39. The van der Waals surface area contributed by atoms with Gasteiger partial charge in [0.1, 0.15) is 11.3 Å². The molecule has 3 nitrogen and oxygen atoms in total. The summed E-state index contributed by atoms with van der Waals surface area (Å²) in [5.41, 5.74) is 10.4. The summed E-state index contributed by atoms with van der Waals surface area (Å²) < 4.78 is 8.80. The number of aromatic nitrogens is 2. The quantitative estimate of drug-likeness (QED) is 0.257. The molecule has 8 rings (SSSR count). The van der Waals surface area contributed by atoms with Crippen LogP contribution < -0.4 is 0 Å². The highest BCUT2D eigenvalue weighted by atomic mass is 16.3. The Balaban J connectivity index is 1.59. The molecular formula is C33H22N2O. The van der Waals surface area contributed by atoms with Crippen molar-refractivity contribution in [1.29, 1.82) is 0 Å². The van der Waals surface area contributed by atoms with E-state index in [0.717, 1.165) is 22.6 Å². The Morgan fingerprint density at radius 2 is 1.42 bits per heavy atom. The van der Waals surface area contributed by atoms with E-state index < -0.39 is 0 Å². The van der Waals surface area contributed by atoms with Gasteiger partial charge in [0.15, 0.2) is 0 Å². The normalized spacial score (nSPS) is 12.2. The van der Waals surface area contributed by atoms with Gasteiger partial charge in [-0.05, 0) is 79.1 Å². The van der Waals surface area contributed by atoms with E-state index in [2.05, 4.69) is 102 Å². The molecule has 4 aromatic carbocycles. The minimum Gasteiger partial charge on any atom is -0.460 e. The number of benzene rings is 4. The number of fused-ring (bicyclic) bond motifs is 8. The SMILES string of the molecule is Cc1oc2c(ccc3c2c2cc(-c4ccccc4)cc4c5cc(-c6ccccn6)ccc5n3c42)c1C. The summed E-state index contributed by atoms with van der Waals surface area (Å²) in [5, 5.41) is 6.11. The number of hydrogen-bond acceptors (Lipinski definition) is 2. The topological polar surface area (TPSA) is 30.4 Å². The highest BCUT2D eigenvalue weighted by molar-refractivity contribution is 6.29. The average molecular weight is 463 g/mol. The zero-order valence-electron chi connectivity index (χ0n) is 20.0. The van der Waals surface area contributed by atoms with Gasteiger partial charge in [-0.2, -0.15) is 0 Å². The largest absolute Gasteiger partial charge is 0.460 e. The van der Waals surface area contributed by atoms with Crippen LogP contribution in [0.5, 0.6) is 0 Å². The van der Waals surface area contributed by atoms with Crippen molar-refractivity contribution in [3.63, 3.8) is 0 Å². The molecule has 0 saturated carbocycles. The molecule has 8 aromatic rings. The molecule has 0 fully saturated rings. The van der Waals surface area contributed by atoms with Crippen molar-refractivity contribution in [3.8, 4) is 22.4 Å². The molecule has 3 heteroatoms. The Labute approximate surface area is 207 Å². The minimum atomic E-state index is 0.982. The van der Waals surface area contributed by atoms with E-state index in [1.165, 1.54) is 60.2 Å². The molecule has 36 heavy (non-hydrogen) atoms. The van der Waals surface area contributed by atoms with Crippen LogP contribution in [0.25, 0.3) is 71.4 Å². The smallest absolute Gasteiger partial charge is 0.144 e. The van der Waals surface area contributed by atoms with Gasteiger partial charge in [-0.3, -0.25) is 4.98 Å². The molecule has 0 atom stereocenters. The summed E-state index contributed by atoms with van der Waals surface area (Å²) in [5.74, 6) is 0.982. The van der Waals surface area contributed by atoms with E-state index in [1.54, 1.807) is 0 Å². The Morgan fingerprint density at radius 3 is 2.25 bits per heavy atom. The molecule has 0 N–H and O–H groups in total. The fourth-order valence-corrected chi connectivity index (χ4v) is 5.92. The molecule has 170 valence electrons. The van der Waals surface area contributed by atoms with Gasteiger partial charge in [0.2, 0.25) is 0 Å². The van der Waals surface area contributed by atoms with Gasteiger partial charge < -0.3 is 8.82 Å². The van der Waals surface area contributed by atoms with E-state index in [0.29, 0.717) is 0 Å². The van der Waals surface area contributed by atoms with Crippen LogP contribution >= 0.6 is 0 Å². The third-order valence-electron chi connectivity index (χ3n) is 7.76. The van der Waals surface area contributed by atoms with E-state index >= 15 is 0 Å². The fraction of sp³-hybridized carbons (Fsp3) is 0.0606. The van der Waals surface area contributed by atoms with Crippen LogP contribution in [0.1, 0.15) is 11.3 Å². The van der Waals surface area contributed by atoms with Crippen LogP contribution in [-0.4, -0.2) is 9.38 Å². The molecule has 0 spiro atoms. The summed E-state index contributed by atoms with van der Waals surface area (Å²) in [7, 11) is 0. The highest BCUT2D eigenvalue weighted by Crippen LogP contribution is 2.45. The number of nitrogens with zero attached hydrogens (tertiary/aromatic N) is 2. The molecule has 0 aliphatic rings. The Hall–Kier alpha value is -4.63.